The molecule has 2 nitrogen and oxygen atoms in total. The zero-order valence-electron chi connectivity index (χ0n) is 10.9. The van der Waals surface area contributed by atoms with E-state index < -0.39 is 0 Å². The van der Waals surface area contributed by atoms with Gasteiger partial charge in [-0.25, -0.2) is 0 Å². The molecule has 1 aromatic carbocycles. The highest BCUT2D eigenvalue weighted by Crippen LogP contribution is 2.28. The first kappa shape index (κ1) is 13.5. The van der Waals surface area contributed by atoms with Gasteiger partial charge in [0.05, 0.1) is 12.9 Å². The summed E-state index contributed by atoms with van der Waals surface area (Å²) in [5.41, 5.74) is 0. The van der Waals surface area contributed by atoms with Gasteiger partial charge in [-0.05, 0) is 31.0 Å². The lowest BCUT2D eigenvalue weighted by molar-refractivity contribution is -0.121. The van der Waals surface area contributed by atoms with Gasteiger partial charge in [0.15, 0.2) is 0 Å². The lowest BCUT2D eigenvalue weighted by atomic mass is 9.87. The quantitative estimate of drug-likeness (QED) is 0.754. The molecular formula is C15H20O2S. The van der Waals surface area contributed by atoms with E-state index in [2.05, 4.69) is 0 Å². The van der Waals surface area contributed by atoms with Gasteiger partial charge in [-0.1, -0.05) is 25.3 Å². The highest BCUT2D eigenvalue weighted by molar-refractivity contribution is 8.00. The number of ketones is 1. The molecule has 1 saturated carbocycles. The first-order valence-electron chi connectivity index (χ1n) is 6.59. The third kappa shape index (κ3) is 3.77. The second-order valence-electron chi connectivity index (χ2n) is 4.77. The Kier molecular flexibility index (Phi) is 5.12. The number of hydrogen-bond acceptors (Lipinski definition) is 3. The molecule has 1 aliphatic rings. The van der Waals surface area contributed by atoms with E-state index in [1.165, 1.54) is 19.3 Å². The average molecular weight is 264 g/mol. The number of methoxy groups -OCH3 is 1. The summed E-state index contributed by atoms with van der Waals surface area (Å²) in [6.07, 6.45) is 5.93. The number of carbonyl (C=O) groups excluding carboxylic acids is 1. The van der Waals surface area contributed by atoms with E-state index in [4.69, 9.17) is 4.74 Å². The number of carbonyl (C=O) groups is 1. The minimum atomic E-state index is 0.317. The summed E-state index contributed by atoms with van der Waals surface area (Å²) in [6, 6.07) is 7.90. The van der Waals surface area contributed by atoms with Gasteiger partial charge in [0.2, 0.25) is 0 Å². The number of Topliss-reactive ketones (excluding diaryl/α,β-unsaturated/α-hetero) is 1. The minimum absolute atomic E-state index is 0.317. The molecule has 0 bridgehead atoms. The number of benzene rings is 1. The second kappa shape index (κ2) is 6.83. The normalized spacial score (nSPS) is 16.5. The number of rotatable bonds is 5. The predicted octanol–water partition coefficient (Wildman–Crippen LogP) is 3.94. The van der Waals surface area contributed by atoms with Crippen molar-refractivity contribution < 1.29 is 9.53 Å². The Hall–Kier alpha value is -0.960. The molecular weight excluding hydrogens is 244 g/mol. The zero-order valence-corrected chi connectivity index (χ0v) is 11.7. The Morgan fingerprint density at radius 2 is 2.11 bits per heavy atom. The summed E-state index contributed by atoms with van der Waals surface area (Å²) in [7, 11) is 1.66. The van der Waals surface area contributed by atoms with E-state index in [9.17, 15) is 4.79 Å². The third-order valence-corrected chi connectivity index (χ3v) is 4.50. The van der Waals surface area contributed by atoms with Crippen LogP contribution in [0.4, 0.5) is 0 Å². The topological polar surface area (TPSA) is 26.3 Å². The van der Waals surface area contributed by atoms with Crippen molar-refractivity contribution in [2.24, 2.45) is 5.92 Å². The van der Waals surface area contributed by atoms with Crippen LogP contribution in [0, 0.1) is 5.92 Å². The summed E-state index contributed by atoms with van der Waals surface area (Å²) < 4.78 is 5.18. The van der Waals surface area contributed by atoms with Crippen LogP contribution in [-0.4, -0.2) is 18.6 Å². The van der Waals surface area contributed by atoms with Gasteiger partial charge >= 0.3 is 0 Å². The average Bonchev–Trinajstić information content (AvgIpc) is 2.46. The fourth-order valence-corrected chi connectivity index (χ4v) is 3.31. The van der Waals surface area contributed by atoms with Crippen molar-refractivity contribution in [1.82, 2.24) is 0 Å². The molecule has 1 aliphatic carbocycles. The van der Waals surface area contributed by atoms with Gasteiger partial charge in [0, 0.05) is 10.8 Å². The van der Waals surface area contributed by atoms with E-state index in [1.54, 1.807) is 18.9 Å². The van der Waals surface area contributed by atoms with Gasteiger partial charge < -0.3 is 4.74 Å². The zero-order chi connectivity index (χ0) is 12.8. The van der Waals surface area contributed by atoms with Crippen LogP contribution in [-0.2, 0) is 4.79 Å². The van der Waals surface area contributed by atoms with E-state index >= 15 is 0 Å². The first-order valence-corrected chi connectivity index (χ1v) is 7.57. The minimum Gasteiger partial charge on any atom is -0.497 e. The van der Waals surface area contributed by atoms with Crippen LogP contribution < -0.4 is 4.74 Å². The van der Waals surface area contributed by atoms with Crippen LogP contribution in [0.15, 0.2) is 29.2 Å². The van der Waals surface area contributed by atoms with Gasteiger partial charge in [-0.15, -0.1) is 11.8 Å². The number of thioether (sulfide) groups is 1. The standard InChI is InChI=1S/C15H20O2S/c1-17-13-8-5-9-14(10-13)18-11-15(16)12-6-3-2-4-7-12/h5,8-10,12H,2-4,6-7,11H2,1H3. The molecule has 18 heavy (non-hydrogen) atoms. The van der Waals surface area contributed by atoms with Crippen LogP contribution in [0.3, 0.4) is 0 Å². The van der Waals surface area contributed by atoms with Crippen molar-refractivity contribution in [2.45, 2.75) is 37.0 Å². The Bertz CT molecular complexity index is 397. The van der Waals surface area contributed by atoms with Crippen molar-refractivity contribution in [3.8, 4) is 5.75 Å². The Morgan fingerprint density at radius 3 is 2.83 bits per heavy atom. The molecule has 0 atom stereocenters. The molecule has 0 aliphatic heterocycles. The van der Waals surface area contributed by atoms with Crippen molar-refractivity contribution >= 4 is 17.5 Å². The number of ether oxygens (including phenoxy) is 1. The molecule has 0 saturated heterocycles. The Balaban J connectivity index is 1.84. The van der Waals surface area contributed by atoms with E-state index in [1.807, 2.05) is 24.3 Å². The van der Waals surface area contributed by atoms with Gasteiger partial charge in [-0.2, -0.15) is 0 Å². The number of hydrogen-bond donors (Lipinski definition) is 0. The molecule has 1 aromatic rings. The van der Waals surface area contributed by atoms with Crippen LogP contribution in [0.1, 0.15) is 32.1 Å². The molecule has 0 aromatic heterocycles. The maximum atomic E-state index is 12.1. The van der Waals surface area contributed by atoms with Crippen molar-refractivity contribution in [3.63, 3.8) is 0 Å². The summed E-state index contributed by atoms with van der Waals surface area (Å²) in [6.45, 7) is 0. The first-order chi connectivity index (χ1) is 8.79. The van der Waals surface area contributed by atoms with E-state index in [0.717, 1.165) is 23.5 Å². The molecule has 2 rings (SSSR count). The SMILES string of the molecule is COc1cccc(SCC(=O)C2CCCCC2)c1. The third-order valence-electron chi connectivity index (χ3n) is 3.48. The molecule has 0 amide bonds. The highest BCUT2D eigenvalue weighted by atomic mass is 32.2. The maximum Gasteiger partial charge on any atom is 0.146 e. The lowest BCUT2D eigenvalue weighted by Crippen LogP contribution is -2.19. The molecule has 0 heterocycles. The Morgan fingerprint density at radius 1 is 1.33 bits per heavy atom. The molecule has 0 unspecified atom stereocenters. The molecule has 3 heteroatoms. The molecule has 98 valence electrons. The summed E-state index contributed by atoms with van der Waals surface area (Å²) >= 11 is 1.62. The van der Waals surface area contributed by atoms with E-state index in [0.29, 0.717) is 17.5 Å². The molecule has 0 spiro atoms. The smallest absolute Gasteiger partial charge is 0.146 e. The lowest BCUT2D eigenvalue weighted by Gasteiger charge is -2.19. The molecule has 1 fully saturated rings. The largest absolute Gasteiger partial charge is 0.497 e. The summed E-state index contributed by atoms with van der Waals surface area (Å²) in [4.78, 5) is 13.2. The monoisotopic (exact) mass is 264 g/mol. The van der Waals surface area contributed by atoms with Crippen LogP contribution in [0.2, 0.25) is 0 Å². The summed E-state index contributed by atoms with van der Waals surface area (Å²) in [5.74, 6) is 2.18. The van der Waals surface area contributed by atoms with Gasteiger partial charge in [0.25, 0.3) is 0 Å². The van der Waals surface area contributed by atoms with Gasteiger partial charge in [-0.3, -0.25) is 4.79 Å². The highest BCUT2D eigenvalue weighted by Gasteiger charge is 2.20. The molecule has 0 radical (unpaired) electrons. The van der Waals surface area contributed by atoms with Crippen LogP contribution >= 0.6 is 11.8 Å². The van der Waals surface area contributed by atoms with Crippen molar-refractivity contribution in [2.75, 3.05) is 12.9 Å². The predicted molar refractivity (Wildman–Crippen MR) is 75.3 cm³/mol. The second-order valence-corrected chi connectivity index (χ2v) is 5.82. The fourth-order valence-electron chi connectivity index (χ4n) is 2.39. The van der Waals surface area contributed by atoms with Crippen molar-refractivity contribution in [3.05, 3.63) is 24.3 Å². The van der Waals surface area contributed by atoms with Crippen LogP contribution in [0.5, 0.6) is 5.75 Å². The molecule has 0 N–H and O–H groups in total. The summed E-state index contributed by atoms with van der Waals surface area (Å²) in [5, 5.41) is 0. The Labute approximate surface area is 113 Å². The van der Waals surface area contributed by atoms with Gasteiger partial charge in [0.1, 0.15) is 11.5 Å². The van der Waals surface area contributed by atoms with Crippen LogP contribution in [0.25, 0.3) is 0 Å². The van der Waals surface area contributed by atoms with E-state index in [-0.39, 0.29) is 0 Å². The van der Waals surface area contributed by atoms with Crippen molar-refractivity contribution in [1.29, 1.82) is 0 Å². The fraction of sp³-hybridized carbons (Fsp3) is 0.533. The maximum absolute atomic E-state index is 12.1.